The highest BCUT2D eigenvalue weighted by Crippen LogP contribution is 2.14. The molecule has 0 atom stereocenters. The van der Waals surface area contributed by atoms with Crippen molar-refractivity contribution >= 4 is 11.7 Å². The number of hydrogen-bond donors (Lipinski definition) is 0. The van der Waals surface area contributed by atoms with Crippen molar-refractivity contribution < 1.29 is 4.79 Å². The summed E-state index contributed by atoms with van der Waals surface area (Å²) >= 11 is 0. The molecule has 1 aromatic rings. The minimum Gasteiger partial charge on any atom is -0.353 e. The van der Waals surface area contributed by atoms with E-state index < -0.39 is 0 Å². The number of carbonyl (C=O) groups excluding carboxylic acids is 1. The van der Waals surface area contributed by atoms with E-state index in [0.717, 1.165) is 44.1 Å². The van der Waals surface area contributed by atoms with Crippen molar-refractivity contribution in [2.45, 2.75) is 20.3 Å². The van der Waals surface area contributed by atoms with Gasteiger partial charge in [0.1, 0.15) is 12.1 Å². The standard InChI is InChI=1S/C12H18N4O/c1-3-11-8-12(14-9-13-11)16-6-4-15(5-7-16)10(2)17/h8-9H,3-7H2,1-2H3. The topological polar surface area (TPSA) is 49.3 Å². The van der Waals surface area contributed by atoms with Crippen LogP contribution in [0.1, 0.15) is 19.5 Å². The summed E-state index contributed by atoms with van der Waals surface area (Å²) in [6.07, 6.45) is 2.54. The highest BCUT2D eigenvalue weighted by Gasteiger charge is 2.19. The molecule has 5 nitrogen and oxygen atoms in total. The van der Waals surface area contributed by atoms with Crippen molar-refractivity contribution in [3.05, 3.63) is 18.1 Å². The molecule has 1 aliphatic heterocycles. The highest BCUT2D eigenvalue weighted by atomic mass is 16.2. The molecule has 17 heavy (non-hydrogen) atoms. The van der Waals surface area contributed by atoms with E-state index >= 15 is 0 Å². The summed E-state index contributed by atoms with van der Waals surface area (Å²) in [5.41, 5.74) is 1.06. The van der Waals surface area contributed by atoms with Gasteiger partial charge >= 0.3 is 0 Å². The molecule has 0 unspecified atom stereocenters. The van der Waals surface area contributed by atoms with Crippen LogP contribution in [0.15, 0.2) is 12.4 Å². The van der Waals surface area contributed by atoms with Gasteiger partial charge in [0.15, 0.2) is 0 Å². The molecule has 92 valence electrons. The molecule has 1 fully saturated rings. The minimum atomic E-state index is 0.154. The van der Waals surface area contributed by atoms with Crippen LogP contribution in [0.5, 0.6) is 0 Å². The molecule has 0 aliphatic carbocycles. The van der Waals surface area contributed by atoms with Crippen LogP contribution in [-0.4, -0.2) is 47.0 Å². The second-order valence-corrected chi connectivity index (χ2v) is 4.21. The van der Waals surface area contributed by atoms with Gasteiger partial charge in [-0.15, -0.1) is 0 Å². The summed E-state index contributed by atoms with van der Waals surface area (Å²) in [7, 11) is 0. The van der Waals surface area contributed by atoms with Crippen LogP contribution in [0.2, 0.25) is 0 Å². The van der Waals surface area contributed by atoms with Gasteiger partial charge in [0.25, 0.3) is 0 Å². The lowest BCUT2D eigenvalue weighted by atomic mass is 10.2. The first kappa shape index (κ1) is 11.8. The normalized spacial score (nSPS) is 16.1. The highest BCUT2D eigenvalue weighted by molar-refractivity contribution is 5.73. The fourth-order valence-corrected chi connectivity index (χ4v) is 2.00. The number of aryl methyl sites for hydroxylation is 1. The number of hydrogen-bond acceptors (Lipinski definition) is 4. The first-order chi connectivity index (χ1) is 8.20. The van der Waals surface area contributed by atoms with E-state index in [1.54, 1.807) is 13.3 Å². The summed E-state index contributed by atoms with van der Waals surface area (Å²) in [6, 6.07) is 2.03. The molecule has 5 heteroatoms. The Morgan fingerprint density at radius 2 is 2.00 bits per heavy atom. The maximum Gasteiger partial charge on any atom is 0.219 e. The SMILES string of the molecule is CCc1cc(N2CCN(C(C)=O)CC2)ncn1. The van der Waals surface area contributed by atoms with Crippen molar-refractivity contribution in [2.75, 3.05) is 31.1 Å². The lowest BCUT2D eigenvalue weighted by molar-refractivity contribution is -0.129. The van der Waals surface area contributed by atoms with Crippen LogP contribution < -0.4 is 4.90 Å². The van der Waals surface area contributed by atoms with E-state index in [4.69, 9.17) is 0 Å². The minimum absolute atomic E-state index is 0.154. The number of piperazine rings is 1. The number of nitrogens with zero attached hydrogens (tertiary/aromatic N) is 4. The number of anilines is 1. The van der Waals surface area contributed by atoms with Crippen LogP contribution in [0.25, 0.3) is 0 Å². The second kappa shape index (κ2) is 5.12. The van der Waals surface area contributed by atoms with Gasteiger partial charge in [-0.1, -0.05) is 6.92 Å². The number of carbonyl (C=O) groups is 1. The zero-order valence-corrected chi connectivity index (χ0v) is 10.4. The van der Waals surface area contributed by atoms with Crippen LogP contribution >= 0.6 is 0 Å². The van der Waals surface area contributed by atoms with Crippen molar-refractivity contribution in [1.29, 1.82) is 0 Å². The van der Waals surface area contributed by atoms with Gasteiger partial charge in [-0.2, -0.15) is 0 Å². The number of amides is 1. The molecule has 1 aromatic heterocycles. The van der Waals surface area contributed by atoms with E-state index in [-0.39, 0.29) is 5.91 Å². The van der Waals surface area contributed by atoms with Gasteiger partial charge in [0.05, 0.1) is 0 Å². The van der Waals surface area contributed by atoms with Crippen molar-refractivity contribution in [2.24, 2.45) is 0 Å². The molecule has 0 N–H and O–H groups in total. The molecule has 1 aliphatic rings. The summed E-state index contributed by atoms with van der Waals surface area (Å²) < 4.78 is 0. The van der Waals surface area contributed by atoms with Gasteiger partial charge in [0.2, 0.25) is 5.91 Å². The Balaban J connectivity index is 2.02. The van der Waals surface area contributed by atoms with E-state index in [2.05, 4.69) is 21.8 Å². The van der Waals surface area contributed by atoms with Crippen LogP contribution in [0.3, 0.4) is 0 Å². The molecule has 0 spiro atoms. The Morgan fingerprint density at radius 1 is 1.29 bits per heavy atom. The Labute approximate surface area is 101 Å². The average Bonchev–Trinajstić information content (AvgIpc) is 2.39. The first-order valence-corrected chi connectivity index (χ1v) is 6.02. The molecule has 1 saturated heterocycles. The maximum absolute atomic E-state index is 11.2. The lowest BCUT2D eigenvalue weighted by Gasteiger charge is -2.34. The fraction of sp³-hybridized carbons (Fsp3) is 0.583. The summed E-state index contributed by atoms with van der Waals surface area (Å²) in [5.74, 6) is 1.13. The third-order valence-corrected chi connectivity index (χ3v) is 3.12. The Kier molecular flexibility index (Phi) is 3.56. The molecule has 2 rings (SSSR count). The van der Waals surface area contributed by atoms with Crippen molar-refractivity contribution in [1.82, 2.24) is 14.9 Å². The quantitative estimate of drug-likeness (QED) is 0.756. The van der Waals surface area contributed by atoms with Gasteiger partial charge in [0, 0.05) is 44.9 Å². The largest absolute Gasteiger partial charge is 0.353 e. The number of rotatable bonds is 2. The predicted molar refractivity (Wildman–Crippen MR) is 65.9 cm³/mol. The van der Waals surface area contributed by atoms with Gasteiger partial charge in [-0.3, -0.25) is 4.79 Å². The fourth-order valence-electron chi connectivity index (χ4n) is 2.00. The smallest absolute Gasteiger partial charge is 0.219 e. The Hall–Kier alpha value is -1.65. The molecule has 0 aromatic carbocycles. The van der Waals surface area contributed by atoms with E-state index in [0.29, 0.717) is 0 Å². The first-order valence-electron chi connectivity index (χ1n) is 6.02. The summed E-state index contributed by atoms with van der Waals surface area (Å²) in [5, 5.41) is 0. The molecule has 0 bridgehead atoms. The predicted octanol–water partition coefficient (Wildman–Crippen LogP) is 0.707. The average molecular weight is 234 g/mol. The van der Waals surface area contributed by atoms with Crippen molar-refractivity contribution in [3.63, 3.8) is 0 Å². The molecule has 2 heterocycles. The molecular weight excluding hydrogens is 216 g/mol. The zero-order chi connectivity index (χ0) is 12.3. The molecule has 0 saturated carbocycles. The molecular formula is C12H18N4O. The van der Waals surface area contributed by atoms with Gasteiger partial charge in [-0.25, -0.2) is 9.97 Å². The zero-order valence-electron chi connectivity index (χ0n) is 10.4. The van der Waals surface area contributed by atoms with E-state index in [1.165, 1.54) is 0 Å². The van der Waals surface area contributed by atoms with E-state index in [1.807, 2.05) is 11.0 Å². The third kappa shape index (κ3) is 2.72. The van der Waals surface area contributed by atoms with Gasteiger partial charge < -0.3 is 9.80 Å². The van der Waals surface area contributed by atoms with Crippen LogP contribution in [0, 0.1) is 0 Å². The van der Waals surface area contributed by atoms with Crippen LogP contribution in [0.4, 0.5) is 5.82 Å². The molecule has 1 amide bonds. The number of aromatic nitrogens is 2. The van der Waals surface area contributed by atoms with Gasteiger partial charge in [-0.05, 0) is 6.42 Å². The third-order valence-electron chi connectivity index (χ3n) is 3.12. The maximum atomic E-state index is 11.2. The van der Waals surface area contributed by atoms with Crippen molar-refractivity contribution in [3.8, 4) is 0 Å². The summed E-state index contributed by atoms with van der Waals surface area (Å²) in [6.45, 7) is 6.95. The molecule has 0 radical (unpaired) electrons. The van der Waals surface area contributed by atoms with Crippen LogP contribution in [-0.2, 0) is 11.2 Å². The van der Waals surface area contributed by atoms with E-state index in [9.17, 15) is 4.79 Å². The Bertz CT molecular complexity index is 399. The second-order valence-electron chi connectivity index (χ2n) is 4.21. The lowest BCUT2D eigenvalue weighted by Crippen LogP contribution is -2.48. The summed E-state index contributed by atoms with van der Waals surface area (Å²) in [4.78, 5) is 23.8. The Morgan fingerprint density at radius 3 is 2.59 bits per heavy atom. The monoisotopic (exact) mass is 234 g/mol.